The highest BCUT2D eigenvalue weighted by Crippen LogP contribution is 2.15. The molecule has 8 heteroatoms. The van der Waals surface area contributed by atoms with E-state index >= 15 is 0 Å². The topological polar surface area (TPSA) is 119 Å². The molecular formula is C28H52O8. The van der Waals surface area contributed by atoms with Crippen LogP contribution in [0.25, 0.3) is 0 Å². The molecule has 36 heavy (non-hydrogen) atoms. The lowest BCUT2D eigenvalue weighted by atomic mass is 10.0. The lowest BCUT2D eigenvalue weighted by molar-refractivity contribution is -0.165. The van der Waals surface area contributed by atoms with Crippen LogP contribution >= 0.6 is 0 Å². The molecule has 0 radical (unpaired) electrons. The predicted octanol–water partition coefficient (Wildman–Crippen LogP) is 5.40. The third-order valence-electron chi connectivity index (χ3n) is 6.10. The smallest absolute Gasteiger partial charge is 0.308 e. The quantitative estimate of drug-likeness (QED) is 0.0994. The zero-order valence-corrected chi connectivity index (χ0v) is 23.0. The van der Waals surface area contributed by atoms with Crippen molar-refractivity contribution in [2.24, 2.45) is 0 Å². The number of carbonyl (C=O) groups is 3. The summed E-state index contributed by atoms with van der Waals surface area (Å²) in [5, 5.41) is 20.2. The van der Waals surface area contributed by atoms with E-state index in [9.17, 15) is 24.6 Å². The number of ether oxygens (including phenoxy) is 3. The normalized spacial score (nSPS) is 13.6. The van der Waals surface area contributed by atoms with Crippen molar-refractivity contribution in [2.45, 2.75) is 148 Å². The van der Waals surface area contributed by atoms with E-state index in [0.29, 0.717) is 19.3 Å². The molecule has 3 unspecified atom stereocenters. The molecule has 0 aliphatic carbocycles. The van der Waals surface area contributed by atoms with Crippen LogP contribution in [0.15, 0.2) is 0 Å². The summed E-state index contributed by atoms with van der Waals surface area (Å²) in [5.41, 5.74) is 0. The number of hydrogen-bond acceptors (Lipinski definition) is 8. The first kappa shape index (κ1) is 34.3. The highest BCUT2D eigenvalue weighted by molar-refractivity contribution is 5.70. The summed E-state index contributed by atoms with van der Waals surface area (Å²) in [4.78, 5) is 34.0. The molecule has 0 fully saturated rings. The number of hydrogen-bond donors (Lipinski definition) is 2. The molecule has 0 spiro atoms. The van der Waals surface area contributed by atoms with Gasteiger partial charge in [-0.05, 0) is 19.3 Å². The van der Waals surface area contributed by atoms with Crippen LogP contribution in [0.1, 0.15) is 130 Å². The van der Waals surface area contributed by atoms with E-state index < -0.39 is 30.1 Å². The van der Waals surface area contributed by atoms with Crippen LogP contribution in [0.2, 0.25) is 0 Å². The molecule has 2 N–H and O–H groups in total. The maximum absolute atomic E-state index is 11.9. The largest absolute Gasteiger partial charge is 0.462 e. The second-order valence-corrected chi connectivity index (χ2v) is 9.84. The van der Waals surface area contributed by atoms with E-state index in [1.54, 1.807) is 0 Å². The maximum Gasteiger partial charge on any atom is 0.308 e. The zero-order chi connectivity index (χ0) is 27.0. The van der Waals surface area contributed by atoms with Crippen molar-refractivity contribution in [1.82, 2.24) is 0 Å². The number of rotatable bonds is 24. The van der Waals surface area contributed by atoms with Crippen LogP contribution in [0, 0.1) is 0 Å². The monoisotopic (exact) mass is 516 g/mol. The summed E-state index contributed by atoms with van der Waals surface area (Å²) in [6.07, 6.45) is 15.5. The molecule has 0 aliphatic rings. The lowest BCUT2D eigenvalue weighted by Gasteiger charge is -2.17. The summed E-state index contributed by atoms with van der Waals surface area (Å²) in [5.74, 6) is -1.72. The fourth-order valence-corrected chi connectivity index (χ4v) is 4.05. The van der Waals surface area contributed by atoms with Crippen molar-refractivity contribution >= 4 is 17.9 Å². The molecule has 0 heterocycles. The molecule has 0 aliphatic heterocycles. The van der Waals surface area contributed by atoms with Gasteiger partial charge in [-0.15, -0.1) is 0 Å². The number of aliphatic hydroxyl groups excluding tert-OH is 2. The first-order valence-corrected chi connectivity index (χ1v) is 14.1. The first-order chi connectivity index (χ1) is 17.2. The van der Waals surface area contributed by atoms with Crippen LogP contribution in [0.4, 0.5) is 0 Å². The van der Waals surface area contributed by atoms with Gasteiger partial charge in [-0.25, -0.2) is 0 Å². The first-order valence-electron chi connectivity index (χ1n) is 14.1. The number of esters is 3. The molecule has 0 rings (SSSR count). The average Bonchev–Trinajstić information content (AvgIpc) is 2.81. The Kier molecular flexibility index (Phi) is 22.6. The standard InChI is InChI=1S/C28H52O8/c1-4-5-6-7-8-9-10-11-12-13-14-17-25(31)18-15-16-19-26(32)20-28(33)35-22-27(36-24(3)30)21-34-23(2)29/h25-27,31-32H,4-22H2,1-3H3. The van der Waals surface area contributed by atoms with E-state index in [1.807, 2.05) is 0 Å². The summed E-state index contributed by atoms with van der Waals surface area (Å²) < 4.78 is 14.8. The van der Waals surface area contributed by atoms with Gasteiger partial charge in [0, 0.05) is 13.8 Å². The van der Waals surface area contributed by atoms with Crippen molar-refractivity contribution in [2.75, 3.05) is 13.2 Å². The van der Waals surface area contributed by atoms with Crippen molar-refractivity contribution in [3.63, 3.8) is 0 Å². The van der Waals surface area contributed by atoms with E-state index in [1.165, 1.54) is 78.1 Å². The Morgan fingerprint density at radius 3 is 1.56 bits per heavy atom. The molecule has 8 nitrogen and oxygen atoms in total. The van der Waals surface area contributed by atoms with Crippen molar-refractivity contribution in [3.8, 4) is 0 Å². The molecular weight excluding hydrogens is 464 g/mol. The highest BCUT2D eigenvalue weighted by Gasteiger charge is 2.18. The van der Waals surface area contributed by atoms with Gasteiger partial charge in [-0.2, -0.15) is 0 Å². The molecule has 212 valence electrons. The number of unbranched alkanes of at least 4 members (excludes halogenated alkanes) is 11. The Morgan fingerprint density at radius 2 is 1.06 bits per heavy atom. The molecule has 0 aromatic heterocycles. The Labute approximate surface area is 218 Å². The molecule has 3 atom stereocenters. The van der Waals surface area contributed by atoms with E-state index in [0.717, 1.165) is 19.3 Å². The SMILES string of the molecule is CCCCCCCCCCCCCC(O)CCCCC(O)CC(=O)OCC(COC(C)=O)OC(C)=O. The fraction of sp³-hybridized carbons (Fsp3) is 0.893. The summed E-state index contributed by atoms with van der Waals surface area (Å²) in [6.45, 7) is 4.23. The molecule has 0 saturated heterocycles. The van der Waals surface area contributed by atoms with Gasteiger partial charge in [0.2, 0.25) is 0 Å². The van der Waals surface area contributed by atoms with Gasteiger partial charge in [0.25, 0.3) is 0 Å². The van der Waals surface area contributed by atoms with E-state index in [4.69, 9.17) is 14.2 Å². The van der Waals surface area contributed by atoms with E-state index in [-0.39, 0.29) is 25.7 Å². The Hall–Kier alpha value is -1.67. The minimum atomic E-state index is -0.880. The summed E-state index contributed by atoms with van der Waals surface area (Å²) in [7, 11) is 0. The Morgan fingerprint density at radius 1 is 0.611 bits per heavy atom. The van der Waals surface area contributed by atoms with Gasteiger partial charge in [0.05, 0.1) is 18.6 Å². The molecule has 0 aromatic rings. The van der Waals surface area contributed by atoms with Gasteiger partial charge in [0.15, 0.2) is 6.10 Å². The zero-order valence-electron chi connectivity index (χ0n) is 23.0. The summed E-state index contributed by atoms with van der Waals surface area (Å²) in [6, 6.07) is 0. The Bertz CT molecular complexity index is 566. The average molecular weight is 517 g/mol. The van der Waals surface area contributed by atoms with Crippen molar-refractivity contribution in [1.29, 1.82) is 0 Å². The van der Waals surface area contributed by atoms with Crippen LogP contribution in [-0.2, 0) is 28.6 Å². The van der Waals surface area contributed by atoms with Crippen molar-refractivity contribution < 1.29 is 38.8 Å². The predicted molar refractivity (Wildman–Crippen MR) is 139 cm³/mol. The molecule has 0 amide bonds. The van der Waals surface area contributed by atoms with Gasteiger partial charge in [-0.1, -0.05) is 90.4 Å². The number of aliphatic hydroxyl groups is 2. The van der Waals surface area contributed by atoms with Crippen LogP contribution in [0.3, 0.4) is 0 Å². The molecule has 0 aromatic carbocycles. The molecule has 0 bridgehead atoms. The summed E-state index contributed by atoms with van der Waals surface area (Å²) >= 11 is 0. The maximum atomic E-state index is 11.9. The van der Waals surface area contributed by atoms with Crippen LogP contribution in [-0.4, -0.2) is 59.6 Å². The third-order valence-corrected chi connectivity index (χ3v) is 6.10. The molecule has 0 saturated carbocycles. The second kappa shape index (κ2) is 23.7. The minimum absolute atomic E-state index is 0.165. The van der Waals surface area contributed by atoms with Crippen LogP contribution in [0.5, 0.6) is 0 Å². The minimum Gasteiger partial charge on any atom is -0.462 e. The van der Waals surface area contributed by atoms with Crippen LogP contribution < -0.4 is 0 Å². The third kappa shape index (κ3) is 24.0. The van der Waals surface area contributed by atoms with E-state index in [2.05, 4.69) is 6.92 Å². The lowest BCUT2D eigenvalue weighted by Crippen LogP contribution is -2.30. The van der Waals surface area contributed by atoms with Gasteiger partial charge in [-0.3, -0.25) is 14.4 Å². The van der Waals surface area contributed by atoms with Gasteiger partial charge >= 0.3 is 17.9 Å². The van der Waals surface area contributed by atoms with Gasteiger partial charge in [0.1, 0.15) is 13.2 Å². The fourth-order valence-electron chi connectivity index (χ4n) is 4.05. The second-order valence-electron chi connectivity index (χ2n) is 9.84. The number of carbonyl (C=O) groups excluding carboxylic acids is 3. The highest BCUT2D eigenvalue weighted by atomic mass is 16.6. The Balaban J connectivity index is 3.72. The van der Waals surface area contributed by atoms with Gasteiger partial charge < -0.3 is 24.4 Å². The van der Waals surface area contributed by atoms with Crippen molar-refractivity contribution in [3.05, 3.63) is 0 Å².